The van der Waals surface area contributed by atoms with Gasteiger partial charge in [-0.05, 0) is 39.8 Å². The number of hydrogen-bond acceptors (Lipinski definition) is 4. The number of rotatable bonds is 7. The Labute approximate surface area is 153 Å². The predicted octanol–water partition coefficient (Wildman–Crippen LogP) is 3.16. The number of Topliss-reactive ketones (excluding diaryl/α,β-unsaturated/α-hetero) is 1. The van der Waals surface area contributed by atoms with E-state index in [1.165, 1.54) is 23.1 Å². The highest BCUT2D eigenvalue weighted by molar-refractivity contribution is 5.98. The number of alkyl carbamates (subject to hydrolysis) is 1. The monoisotopic (exact) mass is 366 g/mol. The molecule has 26 heavy (non-hydrogen) atoms. The standard InChI is InChI=1S/C19H27FN2O4/c1-13(21-18(25)26-19(2,3)4)12-22(5)17(24)11-10-16(23)14-8-6-7-9-15(14)20/h6-9,13H,10-12H2,1-5H3,(H,21,25). The quantitative estimate of drug-likeness (QED) is 0.752. The van der Waals surface area contributed by atoms with E-state index >= 15 is 0 Å². The predicted molar refractivity (Wildman–Crippen MR) is 96.4 cm³/mol. The summed E-state index contributed by atoms with van der Waals surface area (Å²) in [5.74, 6) is -1.26. The molecule has 0 aromatic heterocycles. The summed E-state index contributed by atoms with van der Waals surface area (Å²) in [4.78, 5) is 37.3. The first-order valence-corrected chi connectivity index (χ1v) is 8.51. The molecule has 0 fully saturated rings. The summed E-state index contributed by atoms with van der Waals surface area (Å²) in [6.07, 6.45) is -0.651. The molecule has 0 radical (unpaired) electrons. The van der Waals surface area contributed by atoms with Crippen LogP contribution < -0.4 is 5.32 Å². The Morgan fingerprint density at radius 2 is 1.81 bits per heavy atom. The fraction of sp³-hybridized carbons (Fsp3) is 0.526. The molecular formula is C19H27FN2O4. The van der Waals surface area contributed by atoms with Crippen LogP contribution in [0.3, 0.4) is 0 Å². The zero-order valence-electron chi connectivity index (χ0n) is 16.0. The third kappa shape index (κ3) is 7.63. The summed E-state index contributed by atoms with van der Waals surface area (Å²) >= 11 is 0. The minimum absolute atomic E-state index is 0.0112. The van der Waals surface area contributed by atoms with Gasteiger partial charge < -0.3 is 15.0 Å². The maximum atomic E-state index is 13.6. The fourth-order valence-electron chi connectivity index (χ4n) is 2.30. The first-order chi connectivity index (χ1) is 12.0. The Morgan fingerprint density at radius 3 is 2.38 bits per heavy atom. The van der Waals surface area contributed by atoms with Crippen molar-refractivity contribution in [1.29, 1.82) is 0 Å². The van der Waals surface area contributed by atoms with Crippen LogP contribution in [-0.2, 0) is 9.53 Å². The number of halogens is 1. The van der Waals surface area contributed by atoms with E-state index in [-0.39, 0.29) is 36.9 Å². The number of ketones is 1. The van der Waals surface area contributed by atoms with Gasteiger partial charge >= 0.3 is 6.09 Å². The molecule has 0 bridgehead atoms. The van der Waals surface area contributed by atoms with Crippen molar-refractivity contribution in [2.75, 3.05) is 13.6 Å². The van der Waals surface area contributed by atoms with Gasteiger partial charge in [0, 0.05) is 32.5 Å². The van der Waals surface area contributed by atoms with Crippen LogP contribution in [-0.4, -0.2) is 47.9 Å². The zero-order chi connectivity index (χ0) is 19.9. The minimum Gasteiger partial charge on any atom is -0.444 e. The molecule has 0 saturated carbocycles. The normalized spacial score (nSPS) is 12.2. The SMILES string of the molecule is CC(CN(C)C(=O)CCC(=O)c1ccccc1F)NC(=O)OC(C)(C)C. The van der Waals surface area contributed by atoms with Crippen molar-refractivity contribution < 1.29 is 23.5 Å². The summed E-state index contributed by atoms with van der Waals surface area (Å²) in [5.41, 5.74) is -0.610. The number of hydrogen-bond donors (Lipinski definition) is 1. The van der Waals surface area contributed by atoms with Crippen molar-refractivity contribution in [3.05, 3.63) is 35.6 Å². The minimum atomic E-state index is -0.599. The van der Waals surface area contributed by atoms with Crippen molar-refractivity contribution >= 4 is 17.8 Å². The summed E-state index contributed by atoms with van der Waals surface area (Å²) in [6.45, 7) is 7.31. The number of amides is 2. The topological polar surface area (TPSA) is 75.7 Å². The van der Waals surface area contributed by atoms with Gasteiger partial charge in [0.05, 0.1) is 5.56 Å². The third-order valence-electron chi connectivity index (χ3n) is 3.48. The van der Waals surface area contributed by atoms with Crippen molar-refractivity contribution in [2.24, 2.45) is 0 Å². The van der Waals surface area contributed by atoms with Gasteiger partial charge in [0.15, 0.2) is 5.78 Å². The molecule has 0 spiro atoms. The number of benzene rings is 1. The van der Waals surface area contributed by atoms with Crippen LogP contribution >= 0.6 is 0 Å². The van der Waals surface area contributed by atoms with E-state index in [4.69, 9.17) is 4.74 Å². The molecule has 7 heteroatoms. The largest absolute Gasteiger partial charge is 0.444 e. The summed E-state index contributed by atoms with van der Waals surface area (Å²) in [5, 5.41) is 2.65. The summed E-state index contributed by atoms with van der Waals surface area (Å²) < 4.78 is 18.7. The molecule has 2 amide bonds. The number of carbonyl (C=O) groups is 3. The van der Waals surface area contributed by atoms with Crippen LogP contribution in [0.25, 0.3) is 0 Å². The molecule has 0 aliphatic rings. The van der Waals surface area contributed by atoms with Crippen molar-refractivity contribution in [2.45, 2.75) is 52.2 Å². The van der Waals surface area contributed by atoms with E-state index in [2.05, 4.69) is 5.32 Å². The Hall–Kier alpha value is -2.44. The number of carbonyl (C=O) groups excluding carboxylic acids is 3. The zero-order valence-corrected chi connectivity index (χ0v) is 16.0. The van der Waals surface area contributed by atoms with Gasteiger partial charge in [-0.3, -0.25) is 9.59 Å². The van der Waals surface area contributed by atoms with Gasteiger partial charge in [-0.25, -0.2) is 9.18 Å². The van der Waals surface area contributed by atoms with Gasteiger partial charge in [0.25, 0.3) is 0 Å². The van der Waals surface area contributed by atoms with Crippen molar-refractivity contribution in [1.82, 2.24) is 10.2 Å². The van der Waals surface area contributed by atoms with Crippen LogP contribution in [0, 0.1) is 5.82 Å². The summed E-state index contributed by atoms with van der Waals surface area (Å²) in [7, 11) is 1.59. The Morgan fingerprint density at radius 1 is 1.19 bits per heavy atom. The molecule has 1 unspecified atom stereocenters. The van der Waals surface area contributed by atoms with E-state index in [0.29, 0.717) is 0 Å². The lowest BCUT2D eigenvalue weighted by Crippen LogP contribution is -2.44. The average molecular weight is 366 g/mol. The molecule has 0 heterocycles. The number of nitrogens with one attached hydrogen (secondary N) is 1. The Bertz CT molecular complexity index is 655. The second kappa shape index (κ2) is 9.31. The van der Waals surface area contributed by atoms with Crippen LogP contribution in [0.2, 0.25) is 0 Å². The molecule has 0 aliphatic heterocycles. The van der Waals surface area contributed by atoms with Crippen molar-refractivity contribution in [3.63, 3.8) is 0 Å². The lowest BCUT2D eigenvalue weighted by atomic mass is 10.1. The maximum absolute atomic E-state index is 13.6. The molecule has 1 aromatic rings. The average Bonchev–Trinajstić information content (AvgIpc) is 2.50. The maximum Gasteiger partial charge on any atom is 0.407 e. The molecule has 6 nitrogen and oxygen atoms in total. The van der Waals surface area contributed by atoms with Crippen LogP contribution in [0.5, 0.6) is 0 Å². The van der Waals surface area contributed by atoms with Gasteiger partial charge in [0.1, 0.15) is 11.4 Å². The fourth-order valence-corrected chi connectivity index (χ4v) is 2.30. The van der Waals surface area contributed by atoms with Crippen LogP contribution in [0.15, 0.2) is 24.3 Å². The van der Waals surface area contributed by atoms with Gasteiger partial charge in [-0.1, -0.05) is 12.1 Å². The molecule has 1 N–H and O–H groups in total. The molecule has 144 valence electrons. The molecule has 0 aliphatic carbocycles. The third-order valence-corrected chi connectivity index (χ3v) is 3.48. The molecular weight excluding hydrogens is 339 g/mol. The summed E-state index contributed by atoms with van der Waals surface area (Å²) in [6, 6.07) is 5.38. The molecule has 1 atom stereocenters. The van der Waals surface area contributed by atoms with E-state index in [0.717, 1.165) is 0 Å². The van der Waals surface area contributed by atoms with E-state index in [1.807, 2.05) is 0 Å². The number of ether oxygens (including phenoxy) is 1. The van der Waals surface area contributed by atoms with E-state index < -0.39 is 23.3 Å². The Kier molecular flexibility index (Phi) is 7.74. The van der Waals surface area contributed by atoms with Gasteiger partial charge in [0.2, 0.25) is 5.91 Å². The second-order valence-corrected chi connectivity index (χ2v) is 7.22. The smallest absolute Gasteiger partial charge is 0.407 e. The molecule has 0 saturated heterocycles. The van der Waals surface area contributed by atoms with Crippen molar-refractivity contribution in [3.8, 4) is 0 Å². The molecule has 1 rings (SSSR count). The number of likely N-dealkylation sites (N-methyl/N-ethyl adjacent to an activating group) is 1. The Balaban J connectivity index is 2.44. The van der Waals surface area contributed by atoms with Crippen LogP contribution in [0.1, 0.15) is 50.9 Å². The highest BCUT2D eigenvalue weighted by atomic mass is 19.1. The second-order valence-electron chi connectivity index (χ2n) is 7.22. The van der Waals surface area contributed by atoms with Crippen LogP contribution in [0.4, 0.5) is 9.18 Å². The van der Waals surface area contributed by atoms with Gasteiger partial charge in [-0.2, -0.15) is 0 Å². The highest BCUT2D eigenvalue weighted by Gasteiger charge is 2.20. The lowest BCUT2D eigenvalue weighted by Gasteiger charge is -2.25. The van der Waals surface area contributed by atoms with E-state index in [1.54, 1.807) is 40.8 Å². The molecule has 1 aromatic carbocycles. The lowest BCUT2D eigenvalue weighted by molar-refractivity contribution is -0.130. The number of nitrogens with zero attached hydrogens (tertiary/aromatic N) is 1. The first-order valence-electron chi connectivity index (χ1n) is 8.51. The van der Waals surface area contributed by atoms with Gasteiger partial charge in [-0.15, -0.1) is 0 Å². The highest BCUT2D eigenvalue weighted by Crippen LogP contribution is 2.11. The first kappa shape index (κ1) is 21.6. The van der Waals surface area contributed by atoms with E-state index in [9.17, 15) is 18.8 Å².